The van der Waals surface area contributed by atoms with Gasteiger partial charge in [0.25, 0.3) is 0 Å². The average Bonchev–Trinajstić information content (AvgIpc) is 2.30. The summed E-state index contributed by atoms with van der Waals surface area (Å²) in [6.45, 7) is 3.34. The van der Waals surface area contributed by atoms with Crippen LogP contribution in [0.1, 0.15) is 39.0 Å². The summed E-state index contributed by atoms with van der Waals surface area (Å²) < 4.78 is 0. The third kappa shape index (κ3) is 2.98. The Labute approximate surface area is 80.7 Å². The van der Waals surface area contributed by atoms with E-state index in [0.29, 0.717) is 0 Å². The monoisotopic (exact) mass is 187 g/mol. The second-order valence-corrected chi connectivity index (χ2v) is 4.65. The lowest BCUT2D eigenvalue weighted by atomic mass is 10.1. The van der Waals surface area contributed by atoms with E-state index in [0.717, 1.165) is 17.8 Å². The molecule has 0 amide bonds. The second-order valence-electron chi connectivity index (χ2n) is 3.58. The van der Waals surface area contributed by atoms with Gasteiger partial charge in [-0.2, -0.15) is 11.8 Å². The maximum atomic E-state index is 3.60. The highest BCUT2D eigenvalue weighted by molar-refractivity contribution is 7.99. The third-order valence-corrected chi connectivity index (χ3v) is 3.89. The van der Waals surface area contributed by atoms with Crippen LogP contribution in [0.25, 0.3) is 0 Å². The van der Waals surface area contributed by atoms with Crippen molar-refractivity contribution in [3.8, 4) is 0 Å². The first kappa shape index (κ1) is 10.4. The Morgan fingerprint density at radius 1 is 1.25 bits per heavy atom. The van der Waals surface area contributed by atoms with Gasteiger partial charge in [-0.1, -0.05) is 26.2 Å². The second kappa shape index (κ2) is 5.87. The Kier molecular flexibility index (Phi) is 5.08. The van der Waals surface area contributed by atoms with Crippen molar-refractivity contribution < 1.29 is 0 Å². The maximum Gasteiger partial charge on any atom is 0.0198 e. The van der Waals surface area contributed by atoms with Crippen molar-refractivity contribution in [3.05, 3.63) is 0 Å². The average molecular weight is 187 g/mol. The largest absolute Gasteiger partial charge is 0.313 e. The van der Waals surface area contributed by atoms with Crippen LogP contribution in [0, 0.1) is 0 Å². The van der Waals surface area contributed by atoms with Crippen LogP contribution in [-0.2, 0) is 0 Å². The Morgan fingerprint density at radius 3 is 2.67 bits per heavy atom. The Hall–Kier alpha value is 0.310. The molecule has 1 nitrogen and oxygen atoms in total. The smallest absolute Gasteiger partial charge is 0.0198 e. The molecule has 1 fully saturated rings. The molecular formula is C10H21NS. The van der Waals surface area contributed by atoms with Crippen molar-refractivity contribution in [2.75, 3.05) is 12.8 Å². The van der Waals surface area contributed by atoms with Crippen LogP contribution >= 0.6 is 11.8 Å². The van der Waals surface area contributed by atoms with Gasteiger partial charge in [0.05, 0.1) is 0 Å². The van der Waals surface area contributed by atoms with E-state index in [2.05, 4.69) is 18.5 Å². The summed E-state index contributed by atoms with van der Waals surface area (Å²) in [5.41, 5.74) is 0. The van der Waals surface area contributed by atoms with E-state index in [1.807, 2.05) is 11.8 Å². The lowest BCUT2D eigenvalue weighted by Gasteiger charge is -2.23. The third-order valence-electron chi connectivity index (χ3n) is 2.72. The Balaban J connectivity index is 2.39. The molecule has 2 heteroatoms. The number of nitrogens with one attached hydrogen (secondary N) is 1. The molecule has 2 atom stereocenters. The zero-order chi connectivity index (χ0) is 8.81. The zero-order valence-corrected chi connectivity index (χ0v) is 9.12. The number of hydrogen-bond donors (Lipinski definition) is 1. The molecule has 0 spiro atoms. The molecule has 0 aliphatic heterocycles. The van der Waals surface area contributed by atoms with E-state index in [9.17, 15) is 0 Å². The molecule has 72 valence electrons. The fourth-order valence-electron chi connectivity index (χ4n) is 2.05. The SMILES string of the molecule is CCNC1CCCCCC1SC. The van der Waals surface area contributed by atoms with Crippen LogP contribution in [0.4, 0.5) is 0 Å². The summed E-state index contributed by atoms with van der Waals surface area (Å²) >= 11 is 2.04. The first-order chi connectivity index (χ1) is 5.88. The lowest BCUT2D eigenvalue weighted by molar-refractivity contribution is 0.483. The van der Waals surface area contributed by atoms with Crippen LogP contribution in [0.5, 0.6) is 0 Å². The fraction of sp³-hybridized carbons (Fsp3) is 1.00. The van der Waals surface area contributed by atoms with E-state index in [1.54, 1.807) is 0 Å². The van der Waals surface area contributed by atoms with Crippen molar-refractivity contribution in [2.45, 2.75) is 50.3 Å². The van der Waals surface area contributed by atoms with E-state index in [-0.39, 0.29) is 0 Å². The minimum absolute atomic E-state index is 0.785. The molecule has 0 heterocycles. The molecular weight excluding hydrogens is 166 g/mol. The minimum atomic E-state index is 0.785. The normalized spacial score (nSPS) is 31.5. The molecule has 0 radical (unpaired) electrons. The van der Waals surface area contributed by atoms with Crippen LogP contribution < -0.4 is 5.32 Å². The van der Waals surface area contributed by atoms with E-state index < -0.39 is 0 Å². The van der Waals surface area contributed by atoms with Crippen molar-refractivity contribution in [2.24, 2.45) is 0 Å². The van der Waals surface area contributed by atoms with Gasteiger partial charge in [-0.05, 0) is 25.6 Å². The van der Waals surface area contributed by atoms with E-state index in [4.69, 9.17) is 0 Å². The van der Waals surface area contributed by atoms with E-state index >= 15 is 0 Å². The first-order valence-electron chi connectivity index (χ1n) is 5.14. The summed E-state index contributed by atoms with van der Waals surface area (Å²) in [5.74, 6) is 0. The fourth-order valence-corrected chi connectivity index (χ4v) is 3.01. The quantitative estimate of drug-likeness (QED) is 0.682. The summed E-state index contributed by atoms with van der Waals surface area (Å²) in [6.07, 6.45) is 9.36. The summed E-state index contributed by atoms with van der Waals surface area (Å²) in [6, 6.07) is 0.785. The molecule has 1 saturated carbocycles. The van der Waals surface area contributed by atoms with Crippen molar-refractivity contribution in [1.29, 1.82) is 0 Å². The molecule has 0 aromatic rings. The van der Waals surface area contributed by atoms with Gasteiger partial charge in [0.1, 0.15) is 0 Å². The molecule has 0 saturated heterocycles. The molecule has 1 aliphatic carbocycles. The molecule has 0 aromatic carbocycles. The van der Waals surface area contributed by atoms with E-state index in [1.165, 1.54) is 32.1 Å². The Bertz CT molecular complexity index is 116. The Morgan fingerprint density at radius 2 is 2.00 bits per heavy atom. The number of thioether (sulfide) groups is 1. The van der Waals surface area contributed by atoms with Gasteiger partial charge >= 0.3 is 0 Å². The lowest BCUT2D eigenvalue weighted by Crippen LogP contribution is -2.37. The molecule has 1 aliphatic rings. The maximum absolute atomic E-state index is 3.60. The van der Waals surface area contributed by atoms with Gasteiger partial charge in [0.2, 0.25) is 0 Å². The molecule has 12 heavy (non-hydrogen) atoms. The van der Waals surface area contributed by atoms with Gasteiger partial charge in [-0.3, -0.25) is 0 Å². The van der Waals surface area contributed by atoms with Crippen LogP contribution in [0.15, 0.2) is 0 Å². The van der Waals surface area contributed by atoms with Gasteiger partial charge in [-0.15, -0.1) is 0 Å². The number of rotatable bonds is 3. The van der Waals surface area contributed by atoms with Crippen LogP contribution in [0.2, 0.25) is 0 Å². The number of hydrogen-bond acceptors (Lipinski definition) is 2. The summed E-state index contributed by atoms with van der Waals surface area (Å²) in [4.78, 5) is 0. The molecule has 1 N–H and O–H groups in total. The molecule has 1 rings (SSSR count). The van der Waals surface area contributed by atoms with Crippen molar-refractivity contribution in [1.82, 2.24) is 5.32 Å². The molecule has 0 aromatic heterocycles. The molecule has 2 unspecified atom stereocenters. The standard InChI is InChI=1S/C10H21NS/c1-3-11-9-7-5-4-6-8-10(9)12-2/h9-11H,3-8H2,1-2H3. The summed E-state index contributed by atoms with van der Waals surface area (Å²) in [7, 11) is 0. The van der Waals surface area contributed by atoms with Crippen LogP contribution in [-0.4, -0.2) is 24.1 Å². The van der Waals surface area contributed by atoms with Crippen molar-refractivity contribution >= 4 is 11.8 Å². The summed E-state index contributed by atoms with van der Waals surface area (Å²) in [5, 5.41) is 4.47. The van der Waals surface area contributed by atoms with Gasteiger partial charge in [-0.25, -0.2) is 0 Å². The van der Waals surface area contributed by atoms with Gasteiger partial charge < -0.3 is 5.32 Å². The highest BCUT2D eigenvalue weighted by Crippen LogP contribution is 2.25. The predicted octanol–water partition coefficient (Wildman–Crippen LogP) is 2.66. The molecule has 0 bridgehead atoms. The van der Waals surface area contributed by atoms with Gasteiger partial charge in [0.15, 0.2) is 0 Å². The highest BCUT2D eigenvalue weighted by atomic mass is 32.2. The first-order valence-corrected chi connectivity index (χ1v) is 6.43. The predicted molar refractivity (Wildman–Crippen MR) is 57.9 cm³/mol. The van der Waals surface area contributed by atoms with Gasteiger partial charge in [0, 0.05) is 11.3 Å². The topological polar surface area (TPSA) is 12.0 Å². The van der Waals surface area contributed by atoms with Crippen LogP contribution in [0.3, 0.4) is 0 Å². The zero-order valence-electron chi connectivity index (χ0n) is 8.31. The highest BCUT2D eigenvalue weighted by Gasteiger charge is 2.21. The minimum Gasteiger partial charge on any atom is -0.313 e. The van der Waals surface area contributed by atoms with Crippen molar-refractivity contribution in [3.63, 3.8) is 0 Å².